The van der Waals surface area contributed by atoms with Crippen LogP contribution >= 0.6 is 0 Å². The SMILES string of the molecule is CC(Oc1ccc(N)cc1)(Oc1ccc(N)cc1)C(c1ccccc1)c1ccccc1. The molecule has 0 aliphatic heterocycles. The van der Waals surface area contributed by atoms with Crippen molar-refractivity contribution in [1.82, 2.24) is 0 Å². The fourth-order valence-corrected chi connectivity index (χ4v) is 3.77. The second-order valence-electron chi connectivity index (χ2n) is 7.61. The molecule has 0 amide bonds. The normalized spacial score (nSPS) is 11.3. The van der Waals surface area contributed by atoms with Crippen LogP contribution in [0.1, 0.15) is 24.0 Å². The van der Waals surface area contributed by atoms with Crippen molar-refractivity contribution in [2.45, 2.75) is 18.6 Å². The molecule has 0 fully saturated rings. The Kier molecular flexibility index (Phi) is 5.80. The molecular weight excluding hydrogens is 384 g/mol. The standard InChI is InChI=1S/C27H26N2O2/c1-27(30-24-16-12-22(28)13-17-24,31-25-18-14-23(29)15-19-25)26(20-8-4-2-5-9-20)21-10-6-3-7-11-21/h2-19,26H,28-29H2,1H3. The molecule has 0 bridgehead atoms. The van der Waals surface area contributed by atoms with Gasteiger partial charge in [0.2, 0.25) is 0 Å². The van der Waals surface area contributed by atoms with Crippen LogP contribution in [-0.2, 0) is 0 Å². The molecule has 0 aliphatic carbocycles. The molecule has 0 aromatic heterocycles. The Morgan fingerprint density at radius 3 is 1.26 bits per heavy atom. The van der Waals surface area contributed by atoms with Gasteiger partial charge in [-0.15, -0.1) is 0 Å². The van der Waals surface area contributed by atoms with Crippen LogP contribution in [0, 0.1) is 0 Å². The van der Waals surface area contributed by atoms with Crippen molar-refractivity contribution in [1.29, 1.82) is 0 Å². The fraction of sp³-hybridized carbons (Fsp3) is 0.111. The molecule has 0 radical (unpaired) electrons. The zero-order chi connectivity index (χ0) is 21.7. The van der Waals surface area contributed by atoms with Crippen LogP contribution in [0.15, 0.2) is 109 Å². The van der Waals surface area contributed by atoms with Gasteiger partial charge in [0.1, 0.15) is 11.5 Å². The quantitative estimate of drug-likeness (QED) is 0.296. The van der Waals surface area contributed by atoms with Gasteiger partial charge in [0.05, 0.1) is 5.92 Å². The van der Waals surface area contributed by atoms with Crippen molar-refractivity contribution in [3.05, 3.63) is 120 Å². The molecule has 4 rings (SSSR count). The predicted molar refractivity (Wildman–Crippen MR) is 126 cm³/mol. The second kappa shape index (κ2) is 8.84. The van der Waals surface area contributed by atoms with Crippen molar-refractivity contribution in [3.63, 3.8) is 0 Å². The third kappa shape index (κ3) is 4.81. The summed E-state index contributed by atoms with van der Waals surface area (Å²) >= 11 is 0. The smallest absolute Gasteiger partial charge is 0.259 e. The van der Waals surface area contributed by atoms with Gasteiger partial charge < -0.3 is 20.9 Å². The number of hydrogen-bond acceptors (Lipinski definition) is 4. The van der Waals surface area contributed by atoms with Gasteiger partial charge in [0, 0.05) is 18.3 Å². The minimum absolute atomic E-state index is 0.204. The third-order valence-electron chi connectivity index (χ3n) is 5.19. The van der Waals surface area contributed by atoms with E-state index in [0.29, 0.717) is 22.9 Å². The van der Waals surface area contributed by atoms with Crippen molar-refractivity contribution in [2.75, 3.05) is 11.5 Å². The van der Waals surface area contributed by atoms with Gasteiger partial charge in [0.15, 0.2) is 0 Å². The Hall–Kier alpha value is -3.92. The molecule has 156 valence electrons. The van der Waals surface area contributed by atoms with Gasteiger partial charge in [-0.05, 0) is 59.7 Å². The predicted octanol–water partition coefficient (Wildman–Crippen LogP) is 5.86. The summed E-state index contributed by atoms with van der Waals surface area (Å²) in [5, 5.41) is 0. The summed E-state index contributed by atoms with van der Waals surface area (Å²) in [4.78, 5) is 0. The minimum Gasteiger partial charge on any atom is -0.452 e. The Labute approximate surface area is 183 Å². The van der Waals surface area contributed by atoms with Crippen LogP contribution in [0.2, 0.25) is 0 Å². The Balaban J connectivity index is 1.82. The summed E-state index contributed by atoms with van der Waals surface area (Å²) in [6, 6.07) is 35.2. The van der Waals surface area contributed by atoms with E-state index in [2.05, 4.69) is 24.3 Å². The van der Waals surface area contributed by atoms with Crippen molar-refractivity contribution in [2.24, 2.45) is 0 Å². The van der Waals surface area contributed by atoms with E-state index in [-0.39, 0.29) is 5.92 Å². The van der Waals surface area contributed by atoms with E-state index in [1.165, 1.54) is 0 Å². The van der Waals surface area contributed by atoms with Crippen LogP contribution in [0.25, 0.3) is 0 Å². The van der Waals surface area contributed by atoms with E-state index in [0.717, 1.165) is 11.1 Å². The van der Waals surface area contributed by atoms with Crippen LogP contribution in [0.5, 0.6) is 11.5 Å². The molecule has 0 unspecified atom stereocenters. The number of hydrogen-bond donors (Lipinski definition) is 2. The van der Waals surface area contributed by atoms with Gasteiger partial charge in [-0.2, -0.15) is 0 Å². The lowest BCUT2D eigenvalue weighted by atomic mass is 9.84. The molecule has 0 spiro atoms. The summed E-state index contributed by atoms with van der Waals surface area (Å²) in [6.45, 7) is 1.96. The molecule has 0 saturated heterocycles. The summed E-state index contributed by atoms with van der Waals surface area (Å²) in [7, 11) is 0. The molecule has 4 aromatic carbocycles. The van der Waals surface area contributed by atoms with Crippen LogP contribution in [0.3, 0.4) is 0 Å². The first kappa shape index (κ1) is 20.4. The van der Waals surface area contributed by atoms with Gasteiger partial charge in [-0.3, -0.25) is 0 Å². The molecule has 4 nitrogen and oxygen atoms in total. The molecule has 0 aliphatic rings. The molecule has 0 saturated carbocycles. The summed E-state index contributed by atoms with van der Waals surface area (Å²) in [6.07, 6.45) is 0. The first-order chi connectivity index (χ1) is 15.0. The fourth-order valence-electron chi connectivity index (χ4n) is 3.77. The van der Waals surface area contributed by atoms with Crippen molar-refractivity contribution < 1.29 is 9.47 Å². The zero-order valence-corrected chi connectivity index (χ0v) is 17.4. The molecule has 31 heavy (non-hydrogen) atoms. The monoisotopic (exact) mass is 410 g/mol. The lowest BCUT2D eigenvalue weighted by Gasteiger charge is -2.38. The summed E-state index contributed by atoms with van der Waals surface area (Å²) < 4.78 is 13.1. The largest absolute Gasteiger partial charge is 0.452 e. The molecule has 4 N–H and O–H groups in total. The van der Waals surface area contributed by atoms with Crippen LogP contribution < -0.4 is 20.9 Å². The second-order valence-corrected chi connectivity index (χ2v) is 7.61. The highest BCUT2D eigenvalue weighted by molar-refractivity contribution is 5.44. The molecule has 4 aromatic rings. The number of benzene rings is 4. The molecule has 4 heteroatoms. The highest BCUT2D eigenvalue weighted by atomic mass is 16.7. The van der Waals surface area contributed by atoms with Gasteiger partial charge >= 0.3 is 0 Å². The van der Waals surface area contributed by atoms with Crippen LogP contribution in [0.4, 0.5) is 11.4 Å². The van der Waals surface area contributed by atoms with Crippen molar-refractivity contribution >= 4 is 11.4 Å². The maximum atomic E-state index is 6.55. The highest BCUT2D eigenvalue weighted by Crippen LogP contribution is 2.40. The molecule has 0 atom stereocenters. The molecule has 0 heterocycles. The molecular formula is C27H26N2O2. The van der Waals surface area contributed by atoms with E-state index in [4.69, 9.17) is 20.9 Å². The Morgan fingerprint density at radius 1 is 0.548 bits per heavy atom. The van der Waals surface area contributed by atoms with E-state index in [9.17, 15) is 0 Å². The Bertz CT molecular complexity index is 1010. The van der Waals surface area contributed by atoms with Gasteiger partial charge in [0.25, 0.3) is 5.79 Å². The zero-order valence-electron chi connectivity index (χ0n) is 17.4. The number of nitrogen functional groups attached to an aromatic ring is 2. The third-order valence-corrected chi connectivity index (χ3v) is 5.19. The lowest BCUT2D eigenvalue weighted by molar-refractivity contribution is -0.110. The number of nitrogens with two attached hydrogens (primary N) is 2. The van der Waals surface area contributed by atoms with E-state index in [1.807, 2.05) is 91.9 Å². The maximum absolute atomic E-state index is 6.55. The number of rotatable bonds is 7. The summed E-state index contributed by atoms with van der Waals surface area (Å²) in [5.74, 6) is 0.0765. The van der Waals surface area contributed by atoms with E-state index >= 15 is 0 Å². The highest BCUT2D eigenvalue weighted by Gasteiger charge is 2.41. The first-order valence-corrected chi connectivity index (χ1v) is 10.2. The number of anilines is 2. The first-order valence-electron chi connectivity index (χ1n) is 10.2. The minimum atomic E-state index is -1.06. The average molecular weight is 411 g/mol. The van der Waals surface area contributed by atoms with E-state index in [1.54, 1.807) is 0 Å². The van der Waals surface area contributed by atoms with E-state index < -0.39 is 5.79 Å². The maximum Gasteiger partial charge on any atom is 0.259 e. The van der Waals surface area contributed by atoms with Gasteiger partial charge in [-0.25, -0.2) is 0 Å². The van der Waals surface area contributed by atoms with Crippen molar-refractivity contribution in [3.8, 4) is 11.5 Å². The topological polar surface area (TPSA) is 70.5 Å². The number of ether oxygens (including phenoxy) is 2. The van der Waals surface area contributed by atoms with Gasteiger partial charge in [-0.1, -0.05) is 60.7 Å². The lowest BCUT2D eigenvalue weighted by Crippen LogP contribution is -2.45. The average Bonchev–Trinajstić information content (AvgIpc) is 2.79. The van der Waals surface area contributed by atoms with Crippen LogP contribution in [-0.4, -0.2) is 5.79 Å². The summed E-state index contributed by atoms with van der Waals surface area (Å²) in [5.41, 5.74) is 15.3. The Morgan fingerprint density at radius 2 is 0.903 bits per heavy atom.